The van der Waals surface area contributed by atoms with E-state index in [0.717, 1.165) is 11.4 Å². The second-order valence-electron chi connectivity index (χ2n) is 4.41. The molecule has 1 heterocycles. The molecule has 1 atom stereocenters. The van der Waals surface area contributed by atoms with Gasteiger partial charge in [0.1, 0.15) is 0 Å². The average Bonchev–Trinajstić information content (AvgIpc) is 2.83. The number of nitrogens with one attached hydrogen (secondary N) is 1. The largest absolute Gasteiger partial charge is 0.312 e. The Kier molecular flexibility index (Phi) is 4.44. The molecule has 18 heavy (non-hydrogen) atoms. The summed E-state index contributed by atoms with van der Waals surface area (Å²) in [6.07, 6.45) is 1.10. The summed E-state index contributed by atoms with van der Waals surface area (Å²) in [6.45, 7) is 4.33. The van der Waals surface area contributed by atoms with Gasteiger partial charge in [-0.15, -0.1) is 11.3 Å². The van der Waals surface area contributed by atoms with Crippen LogP contribution in [-0.4, -0.2) is 7.05 Å². The van der Waals surface area contributed by atoms with Gasteiger partial charge in [-0.3, -0.25) is 0 Å². The van der Waals surface area contributed by atoms with E-state index < -0.39 is 0 Å². The van der Waals surface area contributed by atoms with Crippen molar-refractivity contribution >= 4 is 22.9 Å². The van der Waals surface area contributed by atoms with Gasteiger partial charge in [0.05, 0.1) is 0 Å². The molecule has 2 rings (SSSR count). The van der Waals surface area contributed by atoms with Gasteiger partial charge in [-0.2, -0.15) is 0 Å². The first-order valence-electron chi connectivity index (χ1n) is 6.19. The molecule has 3 heteroatoms. The minimum Gasteiger partial charge on any atom is -0.312 e. The van der Waals surface area contributed by atoms with Crippen LogP contribution < -0.4 is 5.32 Å². The van der Waals surface area contributed by atoms with E-state index in [1.54, 1.807) is 0 Å². The normalized spacial score (nSPS) is 12.7. The van der Waals surface area contributed by atoms with E-state index in [4.69, 9.17) is 11.6 Å². The molecule has 0 aliphatic heterocycles. The summed E-state index contributed by atoms with van der Waals surface area (Å²) in [4.78, 5) is 2.67. The Bertz CT molecular complexity index is 529. The first kappa shape index (κ1) is 13.6. The van der Waals surface area contributed by atoms with Gasteiger partial charge < -0.3 is 5.32 Å². The van der Waals surface area contributed by atoms with Gasteiger partial charge in [0.25, 0.3) is 0 Å². The van der Waals surface area contributed by atoms with Crippen molar-refractivity contribution in [3.63, 3.8) is 0 Å². The number of benzene rings is 1. The molecule has 1 aromatic heterocycles. The van der Waals surface area contributed by atoms with Gasteiger partial charge in [-0.1, -0.05) is 24.6 Å². The van der Waals surface area contributed by atoms with E-state index >= 15 is 0 Å². The summed E-state index contributed by atoms with van der Waals surface area (Å²) in [5, 5.41) is 4.14. The number of rotatable bonds is 4. The summed E-state index contributed by atoms with van der Waals surface area (Å²) < 4.78 is 0. The lowest BCUT2D eigenvalue weighted by Crippen LogP contribution is -2.13. The second-order valence-corrected chi connectivity index (χ2v) is 5.96. The zero-order valence-electron chi connectivity index (χ0n) is 11.0. The lowest BCUT2D eigenvalue weighted by molar-refractivity contribution is 0.586. The maximum atomic E-state index is 6.08. The van der Waals surface area contributed by atoms with Gasteiger partial charge >= 0.3 is 0 Å². The van der Waals surface area contributed by atoms with Gasteiger partial charge in [-0.05, 0) is 55.8 Å². The fourth-order valence-electron chi connectivity index (χ4n) is 2.09. The van der Waals surface area contributed by atoms with Crippen LogP contribution in [-0.2, 0) is 0 Å². The Hall–Kier alpha value is -0.830. The van der Waals surface area contributed by atoms with Crippen LogP contribution in [0.4, 0.5) is 0 Å². The van der Waals surface area contributed by atoms with Crippen molar-refractivity contribution in [2.24, 2.45) is 0 Å². The van der Waals surface area contributed by atoms with E-state index in [0.29, 0.717) is 6.04 Å². The number of hydrogen-bond donors (Lipinski definition) is 1. The molecule has 0 fully saturated rings. The monoisotopic (exact) mass is 279 g/mol. The number of hydrogen-bond acceptors (Lipinski definition) is 2. The van der Waals surface area contributed by atoms with Crippen molar-refractivity contribution in [3.8, 4) is 10.4 Å². The highest BCUT2D eigenvalue weighted by Crippen LogP contribution is 2.35. The molecule has 1 nitrogen and oxygen atoms in total. The highest BCUT2D eigenvalue weighted by atomic mass is 35.5. The van der Waals surface area contributed by atoms with Crippen molar-refractivity contribution < 1.29 is 0 Å². The molecule has 0 spiro atoms. The van der Waals surface area contributed by atoms with Crippen LogP contribution in [0, 0.1) is 6.92 Å². The molecule has 1 unspecified atom stereocenters. The fourth-order valence-corrected chi connectivity index (χ4v) is 3.55. The second kappa shape index (κ2) is 5.87. The first-order chi connectivity index (χ1) is 8.65. The van der Waals surface area contributed by atoms with Crippen LogP contribution in [0.3, 0.4) is 0 Å². The van der Waals surface area contributed by atoms with Crippen LogP contribution >= 0.6 is 22.9 Å². The van der Waals surface area contributed by atoms with Gasteiger partial charge in [0.15, 0.2) is 0 Å². The predicted octanol–water partition coefficient (Wildman–Crippen LogP) is 5.05. The van der Waals surface area contributed by atoms with Crippen molar-refractivity contribution in [1.82, 2.24) is 5.32 Å². The quantitative estimate of drug-likeness (QED) is 0.826. The van der Waals surface area contributed by atoms with Crippen LogP contribution in [0.15, 0.2) is 30.3 Å². The lowest BCUT2D eigenvalue weighted by atomic mass is 10.1. The molecule has 0 radical (unpaired) electrons. The number of aryl methyl sites for hydroxylation is 1. The molecule has 0 aliphatic rings. The van der Waals surface area contributed by atoms with E-state index in [1.807, 2.05) is 30.5 Å². The SMILES string of the molecule is CCC(NC)c1ccc(-c2cc(Cl)ccc2C)s1. The standard InChI is InChI=1S/C15H18ClNS/c1-4-13(17-3)15-8-7-14(18-15)12-9-11(16)6-5-10(12)2/h5-9,13,17H,4H2,1-3H3. The molecular formula is C15H18ClNS. The topological polar surface area (TPSA) is 12.0 Å². The molecule has 0 amide bonds. The zero-order valence-corrected chi connectivity index (χ0v) is 12.5. The van der Waals surface area contributed by atoms with Gasteiger partial charge in [0.2, 0.25) is 0 Å². The number of thiophene rings is 1. The highest BCUT2D eigenvalue weighted by molar-refractivity contribution is 7.15. The Morgan fingerprint density at radius 1 is 1.28 bits per heavy atom. The van der Waals surface area contributed by atoms with E-state index in [9.17, 15) is 0 Å². The van der Waals surface area contributed by atoms with E-state index in [2.05, 4.69) is 37.4 Å². The van der Waals surface area contributed by atoms with Crippen LogP contribution in [0.25, 0.3) is 10.4 Å². The van der Waals surface area contributed by atoms with Crippen molar-refractivity contribution in [2.45, 2.75) is 26.3 Å². The van der Waals surface area contributed by atoms with Crippen molar-refractivity contribution in [3.05, 3.63) is 45.8 Å². The first-order valence-corrected chi connectivity index (χ1v) is 7.38. The summed E-state index contributed by atoms with van der Waals surface area (Å²) in [5.74, 6) is 0. The molecule has 2 aromatic rings. The third-order valence-corrected chi connectivity index (χ3v) is 4.66. The van der Waals surface area contributed by atoms with Crippen molar-refractivity contribution in [1.29, 1.82) is 0 Å². The molecule has 1 N–H and O–H groups in total. The summed E-state index contributed by atoms with van der Waals surface area (Å²) in [7, 11) is 2.01. The van der Waals surface area contributed by atoms with E-state index in [-0.39, 0.29) is 0 Å². The minimum absolute atomic E-state index is 0.447. The van der Waals surface area contributed by atoms with Gasteiger partial charge in [0, 0.05) is 20.8 Å². The van der Waals surface area contributed by atoms with E-state index in [1.165, 1.54) is 20.9 Å². The van der Waals surface area contributed by atoms with Crippen molar-refractivity contribution in [2.75, 3.05) is 7.05 Å². The molecule has 0 aliphatic carbocycles. The summed E-state index contributed by atoms with van der Waals surface area (Å²) >= 11 is 7.93. The third kappa shape index (κ3) is 2.77. The Balaban J connectivity index is 2.37. The maximum Gasteiger partial charge on any atom is 0.0412 e. The zero-order chi connectivity index (χ0) is 13.1. The fraction of sp³-hybridized carbons (Fsp3) is 0.333. The third-order valence-electron chi connectivity index (χ3n) is 3.19. The highest BCUT2D eigenvalue weighted by Gasteiger charge is 2.11. The van der Waals surface area contributed by atoms with Crippen LogP contribution in [0.1, 0.15) is 29.8 Å². The average molecular weight is 280 g/mol. The Labute approximate surface area is 118 Å². The smallest absolute Gasteiger partial charge is 0.0412 e. The van der Waals surface area contributed by atoms with Crippen LogP contribution in [0.5, 0.6) is 0 Å². The predicted molar refractivity (Wildman–Crippen MR) is 81.6 cm³/mol. The number of halogens is 1. The lowest BCUT2D eigenvalue weighted by Gasteiger charge is -2.10. The molecule has 1 aromatic carbocycles. The molecule has 0 bridgehead atoms. The maximum absolute atomic E-state index is 6.08. The molecular weight excluding hydrogens is 262 g/mol. The van der Waals surface area contributed by atoms with Crippen LogP contribution in [0.2, 0.25) is 5.02 Å². The molecule has 0 saturated carbocycles. The molecule has 96 valence electrons. The Morgan fingerprint density at radius 2 is 2.06 bits per heavy atom. The minimum atomic E-state index is 0.447. The Morgan fingerprint density at radius 3 is 2.72 bits per heavy atom. The molecule has 0 saturated heterocycles. The van der Waals surface area contributed by atoms with Gasteiger partial charge in [-0.25, -0.2) is 0 Å². The summed E-state index contributed by atoms with van der Waals surface area (Å²) in [5.41, 5.74) is 2.51. The summed E-state index contributed by atoms with van der Waals surface area (Å²) in [6, 6.07) is 10.9.